The number of aromatic amines is 1. The highest BCUT2D eigenvalue weighted by molar-refractivity contribution is 5.46. The number of likely N-dealkylation sites (tertiary alicyclic amines) is 1. The number of benzene rings is 1. The van der Waals surface area contributed by atoms with Crippen LogP contribution in [-0.2, 0) is 0 Å². The Morgan fingerprint density at radius 3 is 2.48 bits per heavy atom. The molecular weight excluding hydrogens is 310 g/mol. The van der Waals surface area contributed by atoms with Crippen molar-refractivity contribution in [1.82, 2.24) is 20.0 Å². The Morgan fingerprint density at radius 2 is 1.72 bits per heavy atom. The third kappa shape index (κ3) is 4.22. The number of nitrogens with zero attached hydrogens (tertiary/aromatic N) is 4. The van der Waals surface area contributed by atoms with Crippen LogP contribution in [-0.4, -0.2) is 72.4 Å². The molecule has 1 N–H and O–H groups in total. The van der Waals surface area contributed by atoms with Crippen molar-refractivity contribution in [2.24, 2.45) is 0 Å². The molecule has 2 saturated heterocycles. The van der Waals surface area contributed by atoms with Crippen molar-refractivity contribution in [1.29, 1.82) is 0 Å². The van der Waals surface area contributed by atoms with Gasteiger partial charge in [0.2, 0.25) is 0 Å². The number of anilines is 1. The molecule has 0 bridgehead atoms. The number of hydrogen-bond acceptors (Lipinski definition) is 4. The predicted molar refractivity (Wildman–Crippen MR) is 102 cm³/mol. The molecule has 1 unspecified atom stereocenters. The first-order valence-electron chi connectivity index (χ1n) is 9.62. The molecule has 2 aliphatic heterocycles. The van der Waals surface area contributed by atoms with Gasteiger partial charge in [0.15, 0.2) is 0 Å². The van der Waals surface area contributed by atoms with Crippen molar-refractivity contribution in [3.05, 3.63) is 48.3 Å². The lowest BCUT2D eigenvalue weighted by Crippen LogP contribution is -2.49. The molecule has 25 heavy (non-hydrogen) atoms. The number of piperidine rings is 1. The van der Waals surface area contributed by atoms with Gasteiger partial charge in [-0.25, -0.2) is 0 Å². The highest BCUT2D eigenvalue weighted by Gasteiger charge is 2.23. The summed E-state index contributed by atoms with van der Waals surface area (Å²) < 4.78 is 0. The van der Waals surface area contributed by atoms with Gasteiger partial charge in [-0.3, -0.25) is 10.00 Å². The van der Waals surface area contributed by atoms with Gasteiger partial charge in [-0.2, -0.15) is 5.10 Å². The average Bonchev–Trinajstić information content (AvgIpc) is 3.23. The van der Waals surface area contributed by atoms with Gasteiger partial charge in [0, 0.05) is 69.3 Å². The fourth-order valence-electron chi connectivity index (χ4n) is 4.16. The van der Waals surface area contributed by atoms with E-state index >= 15 is 0 Å². The summed E-state index contributed by atoms with van der Waals surface area (Å²) in [5, 5.41) is 7.28. The first-order valence-corrected chi connectivity index (χ1v) is 9.62. The number of H-pyrrole nitrogens is 1. The van der Waals surface area contributed by atoms with Crippen LogP contribution in [0.25, 0.3) is 0 Å². The van der Waals surface area contributed by atoms with Gasteiger partial charge in [-0.15, -0.1) is 0 Å². The number of aromatic nitrogens is 2. The Bertz CT molecular complexity index is 619. The van der Waals surface area contributed by atoms with Crippen LogP contribution in [0, 0.1) is 0 Å². The summed E-state index contributed by atoms with van der Waals surface area (Å²) in [5.74, 6) is 0.631. The zero-order valence-corrected chi connectivity index (χ0v) is 15.0. The highest BCUT2D eigenvalue weighted by Crippen LogP contribution is 2.25. The normalized spacial score (nSPS) is 23.0. The minimum absolute atomic E-state index is 0.631. The Morgan fingerprint density at radius 1 is 0.920 bits per heavy atom. The van der Waals surface area contributed by atoms with Crippen LogP contribution in [0.5, 0.6) is 0 Å². The topological polar surface area (TPSA) is 38.4 Å². The Balaban J connectivity index is 1.22. The predicted octanol–water partition coefficient (Wildman–Crippen LogP) is 2.41. The number of rotatable bonds is 5. The first-order chi connectivity index (χ1) is 12.4. The molecule has 0 saturated carbocycles. The second-order valence-electron chi connectivity index (χ2n) is 7.32. The average molecular weight is 339 g/mol. The lowest BCUT2D eigenvalue weighted by Gasteiger charge is -2.38. The van der Waals surface area contributed by atoms with Crippen molar-refractivity contribution in [2.75, 3.05) is 57.3 Å². The molecule has 1 aromatic heterocycles. The van der Waals surface area contributed by atoms with Crippen LogP contribution in [0.4, 0.5) is 5.69 Å². The lowest BCUT2D eigenvalue weighted by molar-refractivity contribution is 0.165. The van der Waals surface area contributed by atoms with E-state index in [1.807, 2.05) is 6.20 Å². The zero-order valence-electron chi connectivity index (χ0n) is 15.0. The maximum absolute atomic E-state index is 4.12. The Labute approximate surface area is 150 Å². The van der Waals surface area contributed by atoms with Crippen molar-refractivity contribution >= 4 is 5.69 Å². The van der Waals surface area contributed by atoms with E-state index in [2.05, 4.69) is 61.3 Å². The van der Waals surface area contributed by atoms with E-state index in [4.69, 9.17) is 0 Å². The van der Waals surface area contributed by atoms with Gasteiger partial charge in [-0.1, -0.05) is 18.2 Å². The van der Waals surface area contributed by atoms with Crippen LogP contribution >= 0.6 is 0 Å². The van der Waals surface area contributed by atoms with Crippen LogP contribution in [0.2, 0.25) is 0 Å². The van der Waals surface area contributed by atoms with E-state index in [-0.39, 0.29) is 0 Å². The fraction of sp³-hybridized carbons (Fsp3) is 0.550. The smallest absolute Gasteiger partial charge is 0.0490 e. The maximum Gasteiger partial charge on any atom is 0.0490 e. The lowest BCUT2D eigenvalue weighted by atomic mass is 9.95. The van der Waals surface area contributed by atoms with E-state index in [9.17, 15) is 0 Å². The molecule has 0 spiro atoms. The van der Waals surface area contributed by atoms with Gasteiger partial charge in [0.25, 0.3) is 0 Å². The zero-order chi connectivity index (χ0) is 16.9. The summed E-state index contributed by atoms with van der Waals surface area (Å²) in [7, 11) is 0. The SMILES string of the molecule is c1ccc(N2CCN(CCN3CCCC(c4ccn[nH]4)C3)CC2)cc1. The molecule has 0 amide bonds. The Hall–Kier alpha value is -1.85. The third-order valence-electron chi connectivity index (χ3n) is 5.69. The van der Waals surface area contributed by atoms with Crippen molar-refractivity contribution < 1.29 is 0 Å². The minimum atomic E-state index is 0.631. The van der Waals surface area contributed by atoms with Gasteiger partial charge in [0.05, 0.1) is 0 Å². The molecule has 4 rings (SSSR count). The van der Waals surface area contributed by atoms with Crippen LogP contribution < -0.4 is 4.90 Å². The van der Waals surface area contributed by atoms with E-state index < -0.39 is 0 Å². The summed E-state index contributed by atoms with van der Waals surface area (Å²) in [6.45, 7) is 9.43. The van der Waals surface area contributed by atoms with Crippen LogP contribution in [0.15, 0.2) is 42.6 Å². The quantitative estimate of drug-likeness (QED) is 0.908. The van der Waals surface area contributed by atoms with Gasteiger partial charge >= 0.3 is 0 Å². The second kappa shape index (κ2) is 8.02. The maximum atomic E-state index is 4.12. The van der Waals surface area contributed by atoms with E-state index in [0.717, 1.165) is 13.1 Å². The summed E-state index contributed by atoms with van der Waals surface area (Å²) in [4.78, 5) is 7.77. The molecule has 134 valence electrons. The van der Waals surface area contributed by atoms with E-state index in [0.29, 0.717) is 5.92 Å². The number of hydrogen-bond donors (Lipinski definition) is 1. The largest absolute Gasteiger partial charge is 0.369 e. The Kier molecular flexibility index (Phi) is 5.33. The van der Waals surface area contributed by atoms with Crippen LogP contribution in [0.1, 0.15) is 24.5 Å². The molecule has 1 atom stereocenters. The standard InChI is InChI=1S/C20H29N5/c1-2-6-19(7-3-1)25-15-13-23(14-16-25)11-12-24-10-4-5-18(17-24)20-8-9-21-22-20/h1-3,6-9,18H,4-5,10-17H2,(H,21,22). The van der Waals surface area contributed by atoms with Crippen molar-refractivity contribution in [2.45, 2.75) is 18.8 Å². The molecule has 0 radical (unpaired) electrons. The van der Waals surface area contributed by atoms with E-state index in [1.165, 1.54) is 63.5 Å². The third-order valence-corrected chi connectivity index (χ3v) is 5.69. The molecule has 3 heterocycles. The summed E-state index contributed by atoms with van der Waals surface area (Å²) >= 11 is 0. The first kappa shape index (κ1) is 16.6. The molecule has 5 nitrogen and oxygen atoms in total. The molecule has 2 aromatic rings. The van der Waals surface area contributed by atoms with E-state index in [1.54, 1.807) is 0 Å². The number of piperazine rings is 1. The fourth-order valence-corrected chi connectivity index (χ4v) is 4.16. The molecule has 1 aromatic carbocycles. The van der Waals surface area contributed by atoms with Gasteiger partial charge in [0.1, 0.15) is 0 Å². The highest BCUT2D eigenvalue weighted by atomic mass is 15.3. The van der Waals surface area contributed by atoms with Crippen molar-refractivity contribution in [3.8, 4) is 0 Å². The second-order valence-corrected chi connectivity index (χ2v) is 7.32. The van der Waals surface area contributed by atoms with Gasteiger partial charge in [-0.05, 0) is 37.6 Å². The minimum Gasteiger partial charge on any atom is -0.369 e. The van der Waals surface area contributed by atoms with Crippen LogP contribution in [0.3, 0.4) is 0 Å². The monoisotopic (exact) mass is 339 g/mol. The summed E-state index contributed by atoms with van der Waals surface area (Å²) in [5.41, 5.74) is 2.67. The molecule has 2 aliphatic rings. The summed E-state index contributed by atoms with van der Waals surface area (Å²) in [6.07, 6.45) is 4.46. The van der Waals surface area contributed by atoms with Crippen molar-refractivity contribution in [3.63, 3.8) is 0 Å². The summed E-state index contributed by atoms with van der Waals surface area (Å²) in [6, 6.07) is 12.9. The molecule has 2 fully saturated rings. The van der Waals surface area contributed by atoms with Gasteiger partial charge < -0.3 is 9.80 Å². The number of para-hydroxylation sites is 1. The molecule has 0 aliphatic carbocycles. The number of nitrogens with one attached hydrogen (secondary N) is 1. The molecular formula is C20H29N5. The molecule has 5 heteroatoms.